The monoisotopic (exact) mass is 389 g/mol. The SMILES string of the molecule is CON=C1C=C2CCC3C(CC[C@@]4(C)C3CC[C@H]4O[Si](C)(C)C)[C@@]2(C)CC1. The van der Waals surface area contributed by atoms with Crippen molar-refractivity contribution >= 4 is 14.0 Å². The zero-order valence-electron chi connectivity index (χ0n) is 18.3. The molecule has 152 valence electrons. The predicted molar refractivity (Wildman–Crippen MR) is 114 cm³/mol. The summed E-state index contributed by atoms with van der Waals surface area (Å²) >= 11 is 0. The van der Waals surface area contributed by atoms with Gasteiger partial charge in [-0.1, -0.05) is 24.6 Å². The fourth-order valence-electron chi connectivity index (χ4n) is 7.33. The van der Waals surface area contributed by atoms with E-state index in [9.17, 15) is 0 Å². The van der Waals surface area contributed by atoms with Crippen LogP contribution in [0.5, 0.6) is 0 Å². The number of hydrogen-bond acceptors (Lipinski definition) is 3. The van der Waals surface area contributed by atoms with Gasteiger partial charge in [0.25, 0.3) is 0 Å². The van der Waals surface area contributed by atoms with Gasteiger partial charge in [-0.3, -0.25) is 0 Å². The molecule has 3 saturated carbocycles. The molecule has 0 radical (unpaired) electrons. The molecule has 6 atom stereocenters. The molecule has 0 spiro atoms. The highest BCUT2D eigenvalue weighted by Crippen LogP contribution is 2.65. The van der Waals surface area contributed by atoms with Gasteiger partial charge in [-0.2, -0.15) is 0 Å². The number of hydrogen-bond donors (Lipinski definition) is 0. The van der Waals surface area contributed by atoms with E-state index in [1.807, 2.05) is 0 Å². The van der Waals surface area contributed by atoms with Gasteiger partial charge < -0.3 is 9.26 Å². The lowest BCUT2D eigenvalue weighted by molar-refractivity contribution is -0.0675. The topological polar surface area (TPSA) is 30.8 Å². The smallest absolute Gasteiger partial charge is 0.184 e. The molecule has 0 saturated heterocycles. The first-order valence-corrected chi connectivity index (χ1v) is 14.6. The molecule has 0 aromatic heterocycles. The fourth-order valence-corrected chi connectivity index (χ4v) is 8.57. The normalized spacial score (nSPS) is 45.7. The van der Waals surface area contributed by atoms with E-state index in [0.29, 0.717) is 16.9 Å². The number of rotatable bonds is 3. The van der Waals surface area contributed by atoms with Crippen LogP contribution in [-0.4, -0.2) is 27.2 Å². The van der Waals surface area contributed by atoms with Crippen LogP contribution in [-0.2, 0) is 9.26 Å². The molecule has 0 aliphatic heterocycles. The molecule has 3 fully saturated rings. The van der Waals surface area contributed by atoms with Crippen LogP contribution in [0.2, 0.25) is 19.6 Å². The highest BCUT2D eigenvalue weighted by Gasteiger charge is 2.59. The summed E-state index contributed by atoms with van der Waals surface area (Å²) in [5.41, 5.74) is 3.60. The van der Waals surface area contributed by atoms with E-state index in [-0.39, 0.29) is 0 Å². The Balaban J connectivity index is 1.58. The van der Waals surface area contributed by atoms with Crippen molar-refractivity contribution in [2.24, 2.45) is 33.7 Å². The van der Waals surface area contributed by atoms with E-state index in [1.165, 1.54) is 44.9 Å². The third-order valence-corrected chi connectivity index (χ3v) is 9.59. The lowest BCUT2D eigenvalue weighted by Gasteiger charge is -2.58. The maximum Gasteiger partial charge on any atom is 0.184 e. The van der Waals surface area contributed by atoms with Crippen LogP contribution in [0, 0.1) is 28.6 Å². The van der Waals surface area contributed by atoms with Gasteiger partial charge in [-0.05, 0) is 106 Å². The number of oxime groups is 1. The molecule has 4 aliphatic carbocycles. The van der Waals surface area contributed by atoms with Crippen LogP contribution >= 0.6 is 0 Å². The summed E-state index contributed by atoms with van der Waals surface area (Å²) in [6.45, 7) is 12.2. The second-order valence-electron chi connectivity index (χ2n) is 11.1. The lowest BCUT2D eigenvalue weighted by atomic mass is 9.47. The van der Waals surface area contributed by atoms with Crippen molar-refractivity contribution in [3.8, 4) is 0 Å². The van der Waals surface area contributed by atoms with Crippen molar-refractivity contribution in [1.29, 1.82) is 0 Å². The number of nitrogens with zero attached hydrogens (tertiary/aromatic N) is 1. The molecule has 27 heavy (non-hydrogen) atoms. The summed E-state index contributed by atoms with van der Waals surface area (Å²) in [7, 11) is 0.182. The van der Waals surface area contributed by atoms with Crippen molar-refractivity contribution in [1.82, 2.24) is 0 Å². The second kappa shape index (κ2) is 6.72. The third kappa shape index (κ3) is 3.25. The van der Waals surface area contributed by atoms with Crippen molar-refractivity contribution in [2.75, 3.05) is 7.11 Å². The molecule has 0 aromatic carbocycles. The maximum absolute atomic E-state index is 6.72. The van der Waals surface area contributed by atoms with Gasteiger partial charge in [0.05, 0.1) is 11.8 Å². The Labute approximate surface area is 167 Å². The summed E-state index contributed by atoms with van der Waals surface area (Å²) in [6, 6.07) is 0. The van der Waals surface area contributed by atoms with E-state index >= 15 is 0 Å². The molecule has 0 amide bonds. The largest absolute Gasteiger partial charge is 0.414 e. The van der Waals surface area contributed by atoms with Gasteiger partial charge >= 0.3 is 0 Å². The Morgan fingerprint density at radius 3 is 2.48 bits per heavy atom. The highest BCUT2D eigenvalue weighted by atomic mass is 28.4. The Morgan fingerprint density at radius 1 is 1.00 bits per heavy atom. The molecule has 0 aromatic rings. The van der Waals surface area contributed by atoms with Gasteiger partial charge in [0.1, 0.15) is 7.11 Å². The Morgan fingerprint density at radius 2 is 1.78 bits per heavy atom. The average molecular weight is 390 g/mol. The zero-order chi connectivity index (χ0) is 19.4. The summed E-state index contributed by atoms with van der Waals surface area (Å²) in [6.07, 6.45) is 13.2. The average Bonchev–Trinajstić information content (AvgIpc) is 2.90. The van der Waals surface area contributed by atoms with Crippen LogP contribution in [0.25, 0.3) is 0 Å². The van der Waals surface area contributed by atoms with Crippen LogP contribution in [0.1, 0.15) is 65.2 Å². The van der Waals surface area contributed by atoms with Crippen molar-refractivity contribution in [3.05, 3.63) is 11.6 Å². The van der Waals surface area contributed by atoms with Gasteiger partial charge in [0.2, 0.25) is 0 Å². The first-order chi connectivity index (χ1) is 12.7. The first-order valence-electron chi connectivity index (χ1n) is 11.2. The van der Waals surface area contributed by atoms with Crippen LogP contribution < -0.4 is 0 Å². The zero-order valence-corrected chi connectivity index (χ0v) is 19.3. The standard InChI is InChI=1S/C23H39NO2Si/c1-22-13-11-17(24-25-3)15-16(22)7-8-18-19-9-10-21(26-27(4,5)6)23(19,2)14-12-20(18)22/h15,18-21H,7-14H2,1-6H3/t18?,19?,20?,21-,22+,23+/m1/s1. The van der Waals surface area contributed by atoms with Crippen molar-refractivity contribution in [2.45, 2.75) is 91.0 Å². The minimum Gasteiger partial charge on any atom is -0.414 e. The highest BCUT2D eigenvalue weighted by molar-refractivity contribution is 6.69. The summed E-state index contributed by atoms with van der Waals surface area (Å²) in [5.74, 6) is 2.61. The van der Waals surface area contributed by atoms with E-state index in [1.54, 1.807) is 12.7 Å². The first kappa shape index (κ1) is 19.7. The van der Waals surface area contributed by atoms with Crippen LogP contribution in [0.15, 0.2) is 16.8 Å². The van der Waals surface area contributed by atoms with Crippen molar-refractivity contribution < 1.29 is 9.26 Å². The number of fused-ring (bicyclic) bond motifs is 5. The molecule has 0 heterocycles. The van der Waals surface area contributed by atoms with Crippen molar-refractivity contribution in [3.63, 3.8) is 0 Å². The van der Waals surface area contributed by atoms with E-state index < -0.39 is 8.32 Å². The molecule has 3 unspecified atom stereocenters. The molecule has 4 heteroatoms. The Kier molecular flexibility index (Phi) is 4.90. The second-order valence-corrected chi connectivity index (χ2v) is 15.6. The molecular formula is C23H39NO2Si. The lowest BCUT2D eigenvalue weighted by Crippen LogP contribution is -2.52. The van der Waals surface area contributed by atoms with E-state index in [0.717, 1.165) is 29.9 Å². The molecule has 4 rings (SSSR count). The van der Waals surface area contributed by atoms with Gasteiger partial charge in [-0.15, -0.1) is 0 Å². The van der Waals surface area contributed by atoms with Crippen LogP contribution in [0.3, 0.4) is 0 Å². The van der Waals surface area contributed by atoms with Gasteiger partial charge in [0, 0.05) is 0 Å². The minimum atomic E-state index is -1.48. The maximum atomic E-state index is 6.72. The molecule has 0 N–H and O–H groups in total. The quantitative estimate of drug-likeness (QED) is 0.427. The molecule has 3 nitrogen and oxygen atoms in total. The van der Waals surface area contributed by atoms with Crippen LogP contribution in [0.4, 0.5) is 0 Å². The van der Waals surface area contributed by atoms with Gasteiger partial charge in [-0.25, -0.2) is 0 Å². The fraction of sp³-hybridized carbons (Fsp3) is 0.870. The number of allylic oxidation sites excluding steroid dienone is 2. The molecular weight excluding hydrogens is 350 g/mol. The third-order valence-electron chi connectivity index (χ3n) is 8.59. The Hall–Kier alpha value is -0.613. The van der Waals surface area contributed by atoms with E-state index in [2.05, 4.69) is 44.7 Å². The summed E-state index contributed by atoms with van der Waals surface area (Å²) < 4.78 is 6.72. The predicted octanol–water partition coefficient (Wildman–Crippen LogP) is 6.17. The molecule has 0 bridgehead atoms. The van der Waals surface area contributed by atoms with Gasteiger partial charge in [0.15, 0.2) is 8.32 Å². The Bertz CT molecular complexity index is 651. The summed E-state index contributed by atoms with van der Waals surface area (Å²) in [5, 5.41) is 4.25. The molecule has 4 aliphatic rings. The summed E-state index contributed by atoms with van der Waals surface area (Å²) in [4.78, 5) is 5.05. The van der Waals surface area contributed by atoms with E-state index in [4.69, 9.17) is 9.26 Å². The minimum absolute atomic E-state index is 0.384.